The van der Waals surface area contributed by atoms with E-state index in [1.54, 1.807) is 0 Å². The fraction of sp³-hybridized carbons (Fsp3) is 0.333. The Hall–Kier alpha value is -1.84. The van der Waals surface area contributed by atoms with Crippen molar-refractivity contribution in [2.75, 3.05) is 18.8 Å². The van der Waals surface area contributed by atoms with Crippen molar-refractivity contribution in [1.29, 1.82) is 0 Å². The van der Waals surface area contributed by atoms with Crippen molar-refractivity contribution in [2.24, 2.45) is 0 Å². The maximum absolute atomic E-state index is 10.8. The number of nitrogens with zero attached hydrogens (tertiary/aromatic N) is 1. The lowest BCUT2D eigenvalue weighted by Gasteiger charge is -2.35. The summed E-state index contributed by atoms with van der Waals surface area (Å²) >= 11 is 0. The molecule has 3 rings (SSSR count). The highest BCUT2D eigenvalue weighted by atomic mass is 16.3. The number of fused-ring (bicyclic) bond motifs is 1. The Bertz CT molecular complexity index is 622. The van der Waals surface area contributed by atoms with E-state index in [0.717, 1.165) is 30.8 Å². The Balaban J connectivity index is 1.75. The lowest BCUT2D eigenvalue weighted by atomic mass is 9.93. The fourth-order valence-corrected chi connectivity index (χ4v) is 3.16. The minimum atomic E-state index is -0.834. The topological polar surface area (TPSA) is 49.5 Å². The zero-order valence-corrected chi connectivity index (χ0v) is 12.4. The van der Waals surface area contributed by atoms with E-state index < -0.39 is 5.60 Å². The second kappa shape index (κ2) is 5.51. The summed E-state index contributed by atoms with van der Waals surface area (Å²) in [5.74, 6) is 0. The average Bonchev–Trinajstić information content (AvgIpc) is 2.48. The van der Waals surface area contributed by atoms with Crippen molar-refractivity contribution in [1.82, 2.24) is 4.90 Å². The van der Waals surface area contributed by atoms with E-state index in [4.69, 9.17) is 5.73 Å². The zero-order valence-electron chi connectivity index (χ0n) is 12.4. The van der Waals surface area contributed by atoms with Gasteiger partial charge in [0.05, 0.1) is 5.60 Å². The molecule has 3 nitrogen and oxygen atoms in total. The van der Waals surface area contributed by atoms with Crippen LogP contribution >= 0.6 is 0 Å². The Kier molecular flexibility index (Phi) is 3.70. The Morgan fingerprint density at radius 1 is 1.14 bits per heavy atom. The molecule has 1 atom stereocenters. The van der Waals surface area contributed by atoms with E-state index in [1.807, 2.05) is 49.4 Å². The molecule has 0 aliphatic carbocycles. The van der Waals surface area contributed by atoms with Crippen LogP contribution in [-0.2, 0) is 18.6 Å². The van der Waals surface area contributed by atoms with Crippen LogP contribution in [0.4, 0.5) is 5.69 Å². The highest BCUT2D eigenvalue weighted by Crippen LogP contribution is 2.27. The molecule has 110 valence electrons. The maximum Gasteiger partial charge on any atom is 0.0994 e. The molecule has 0 saturated heterocycles. The molecule has 0 radical (unpaired) electrons. The summed E-state index contributed by atoms with van der Waals surface area (Å²) in [6.45, 7) is 4.30. The van der Waals surface area contributed by atoms with Crippen molar-refractivity contribution < 1.29 is 5.11 Å². The first-order chi connectivity index (χ1) is 10.1. The molecule has 0 aromatic heterocycles. The third-order valence-electron chi connectivity index (χ3n) is 4.31. The molecule has 1 unspecified atom stereocenters. The van der Waals surface area contributed by atoms with Crippen LogP contribution in [0, 0.1) is 0 Å². The molecule has 1 heterocycles. The quantitative estimate of drug-likeness (QED) is 0.851. The number of hydrogen-bond acceptors (Lipinski definition) is 3. The zero-order chi connectivity index (χ0) is 14.9. The molecule has 21 heavy (non-hydrogen) atoms. The van der Waals surface area contributed by atoms with Crippen molar-refractivity contribution >= 4 is 5.69 Å². The van der Waals surface area contributed by atoms with E-state index in [-0.39, 0.29) is 0 Å². The van der Waals surface area contributed by atoms with Crippen molar-refractivity contribution in [3.8, 4) is 0 Å². The minimum absolute atomic E-state index is 0.630. The summed E-state index contributed by atoms with van der Waals surface area (Å²) in [7, 11) is 0. The number of anilines is 1. The second-order valence-electron chi connectivity index (χ2n) is 6.09. The van der Waals surface area contributed by atoms with E-state index in [9.17, 15) is 5.11 Å². The first kappa shape index (κ1) is 14.1. The maximum atomic E-state index is 10.8. The predicted octanol–water partition coefficient (Wildman–Crippen LogP) is 2.53. The molecular weight excluding hydrogens is 260 g/mol. The first-order valence-corrected chi connectivity index (χ1v) is 7.43. The smallest absolute Gasteiger partial charge is 0.0994 e. The fourth-order valence-electron chi connectivity index (χ4n) is 3.16. The minimum Gasteiger partial charge on any atom is -0.398 e. The first-order valence-electron chi connectivity index (χ1n) is 7.43. The molecule has 0 bridgehead atoms. The van der Waals surface area contributed by atoms with Gasteiger partial charge in [-0.2, -0.15) is 0 Å². The number of β-amino-alcohol motifs (C(OH)–C–C–N with tert-alkyl or cyclic N) is 1. The van der Waals surface area contributed by atoms with Gasteiger partial charge >= 0.3 is 0 Å². The van der Waals surface area contributed by atoms with Gasteiger partial charge in [-0.15, -0.1) is 0 Å². The van der Waals surface area contributed by atoms with Crippen LogP contribution in [-0.4, -0.2) is 23.1 Å². The van der Waals surface area contributed by atoms with E-state index in [0.29, 0.717) is 6.54 Å². The van der Waals surface area contributed by atoms with Crippen LogP contribution in [0.25, 0.3) is 0 Å². The average molecular weight is 282 g/mol. The lowest BCUT2D eigenvalue weighted by molar-refractivity contribution is 0.0118. The molecule has 2 aromatic carbocycles. The third-order valence-corrected chi connectivity index (χ3v) is 4.31. The van der Waals surface area contributed by atoms with Crippen LogP contribution in [0.15, 0.2) is 48.5 Å². The normalized spacial score (nSPS) is 18.0. The number of rotatable bonds is 3. The number of aliphatic hydroxyl groups is 1. The van der Waals surface area contributed by atoms with E-state index in [1.165, 1.54) is 11.1 Å². The van der Waals surface area contributed by atoms with Crippen LogP contribution < -0.4 is 5.73 Å². The molecule has 1 aliphatic heterocycles. The largest absolute Gasteiger partial charge is 0.398 e. The number of benzene rings is 2. The molecule has 0 spiro atoms. The Labute approximate surface area is 126 Å². The second-order valence-corrected chi connectivity index (χ2v) is 6.09. The van der Waals surface area contributed by atoms with Crippen LogP contribution in [0.1, 0.15) is 23.6 Å². The molecule has 0 amide bonds. The van der Waals surface area contributed by atoms with Crippen molar-refractivity contribution in [2.45, 2.75) is 25.5 Å². The number of nitrogen functional groups attached to an aromatic ring is 1. The predicted molar refractivity (Wildman–Crippen MR) is 85.8 cm³/mol. The third kappa shape index (κ3) is 2.94. The van der Waals surface area contributed by atoms with Gasteiger partial charge in [0, 0.05) is 25.3 Å². The summed E-state index contributed by atoms with van der Waals surface area (Å²) in [4.78, 5) is 2.30. The van der Waals surface area contributed by atoms with Gasteiger partial charge in [-0.3, -0.25) is 4.90 Å². The summed E-state index contributed by atoms with van der Waals surface area (Å²) in [5, 5.41) is 10.8. The Morgan fingerprint density at radius 2 is 1.90 bits per heavy atom. The molecule has 3 heteroatoms. The lowest BCUT2D eigenvalue weighted by Crippen LogP contribution is -2.41. The van der Waals surface area contributed by atoms with Gasteiger partial charge in [-0.05, 0) is 36.1 Å². The van der Waals surface area contributed by atoms with Gasteiger partial charge in [0.2, 0.25) is 0 Å². The number of hydrogen-bond donors (Lipinski definition) is 2. The number of nitrogens with two attached hydrogens (primary N) is 1. The molecule has 0 saturated carbocycles. The molecular formula is C18H22N2O. The van der Waals surface area contributed by atoms with Crippen molar-refractivity contribution in [3.63, 3.8) is 0 Å². The van der Waals surface area contributed by atoms with Gasteiger partial charge < -0.3 is 10.8 Å². The van der Waals surface area contributed by atoms with E-state index in [2.05, 4.69) is 11.0 Å². The van der Waals surface area contributed by atoms with Crippen molar-refractivity contribution in [3.05, 3.63) is 65.2 Å². The van der Waals surface area contributed by atoms with Crippen LogP contribution in [0.2, 0.25) is 0 Å². The van der Waals surface area contributed by atoms with Gasteiger partial charge in [-0.25, -0.2) is 0 Å². The highest BCUT2D eigenvalue weighted by Gasteiger charge is 2.28. The Morgan fingerprint density at radius 3 is 2.67 bits per heavy atom. The standard InChI is InChI=1S/C18H22N2O/c1-18(21,15-7-3-2-4-8-15)13-20-11-10-16-14(12-20)6-5-9-17(16)19/h2-9,21H,10-13,19H2,1H3. The molecule has 1 aliphatic rings. The van der Waals surface area contributed by atoms with Crippen LogP contribution in [0.3, 0.4) is 0 Å². The summed E-state index contributed by atoms with van der Waals surface area (Å²) in [6.07, 6.45) is 0.951. The van der Waals surface area contributed by atoms with Crippen LogP contribution in [0.5, 0.6) is 0 Å². The van der Waals surface area contributed by atoms with E-state index >= 15 is 0 Å². The summed E-state index contributed by atoms with van der Waals surface area (Å²) < 4.78 is 0. The highest BCUT2D eigenvalue weighted by molar-refractivity contribution is 5.51. The van der Waals surface area contributed by atoms with Gasteiger partial charge in [-0.1, -0.05) is 42.5 Å². The summed E-state index contributed by atoms with van der Waals surface area (Å²) in [6, 6.07) is 16.0. The monoisotopic (exact) mass is 282 g/mol. The van der Waals surface area contributed by atoms with Gasteiger partial charge in [0.25, 0.3) is 0 Å². The SMILES string of the molecule is CC(O)(CN1CCc2c(N)cccc2C1)c1ccccc1. The van der Waals surface area contributed by atoms with Gasteiger partial charge in [0.1, 0.15) is 0 Å². The molecule has 2 aromatic rings. The summed E-state index contributed by atoms with van der Waals surface area (Å²) in [5.41, 5.74) is 9.61. The molecule has 0 fully saturated rings. The molecule has 3 N–H and O–H groups in total. The van der Waals surface area contributed by atoms with Gasteiger partial charge in [0.15, 0.2) is 0 Å².